The van der Waals surface area contributed by atoms with Gasteiger partial charge in [-0.1, -0.05) is 12.8 Å². The van der Waals surface area contributed by atoms with Gasteiger partial charge in [-0.2, -0.15) is 0 Å². The summed E-state index contributed by atoms with van der Waals surface area (Å²) in [4.78, 5) is 14.0. The number of aliphatic hydroxyl groups excluding tert-OH is 1. The lowest BCUT2D eigenvalue weighted by Gasteiger charge is -2.36. The molecule has 2 rings (SSSR count). The predicted octanol–water partition coefficient (Wildman–Crippen LogP) is 2.53. The molecule has 1 unspecified atom stereocenters. The highest BCUT2D eigenvalue weighted by Crippen LogP contribution is 2.37. The van der Waals surface area contributed by atoms with Crippen molar-refractivity contribution in [3.63, 3.8) is 0 Å². The van der Waals surface area contributed by atoms with Gasteiger partial charge < -0.3 is 20.1 Å². The lowest BCUT2D eigenvalue weighted by Crippen LogP contribution is -2.51. The number of rotatable bonds is 4. The highest BCUT2D eigenvalue weighted by atomic mass is 16.6. The van der Waals surface area contributed by atoms with E-state index in [-0.39, 0.29) is 18.1 Å². The van der Waals surface area contributed by atoms with E-state index in [4.69, 9.17) is 4.74 Å². The summed E-state index contributed by atoms with van der Waals surface area (Å²) in [6.07, 6.45) is 6.53. The predicted molar refractivity (Wildman–Crippen MR) is 86.8 cm³/mol. The Hall–Kier alpha value is -0.810. The van der Waals surface area contributed by atoms with E-state index in [1.807, 2.05) is 25.7 Å². The molecule has 1 atom stereocenters. The second-order valence-electron chi connectivity index (χ2n) is 8.01. The minimum atomic E-state index is -0.442. The largest absolute Gasteiger partial charge is 0.444 e. The van der Waals surface area contributed by atoms with Crippen molar-refractivity contribution >= 4 is 6.09 Å². The summed E-state index contributed by atoms with van der Waals surface area (Å²) < 4.78 is 5.46. The van der Waals surface area contributed by atoms with Gasteiger partial charge in [0.25, 0.3) is 0 Å². The molecular formula is C17H32N2O3. The number of piperidine rings is 1. The maximum Gasteiger partial charge on any atom is 0.410 e. The Morgan fingerprint density at radius 3 is 2.59 bits per heavy atom. The van der Waals surface area contributed by atoms with E-state index in [2.05, 4.69) is 5.32 Å². The van der Waals surface area contributed by atoms with Crippen LogP contribution in [-0.2, 0) is 4.74 Å². The van der Waals surface area contributed by atoms with Gasteiger partial charge in [0.15, 0.2) is 0 Å². The Bertz CT molecular complexity index is 373. The maximum atomic E-state index is 12.2. The van der Waals surface area contributed by atoms with Crippen LogP contribution in [0.3, 0.4) is 0 Å². The Morgan fingerprint density at radius 2 is 2.00 bits per heavy atom. The van der Waals surface area contributed by atoms with Crippen LogP contribution in [0.5, 0.6) is 0 Å². The van der Waals surface area contributed by atoms with E-state index in [0.717, 1.165) is 38.8 Å². The molecule has 1 saturated heterocycles. The Kier molecular flexibility index (Phi) is 5.72. The fourth-order valence-electron chi connectivity index (χ4n) is 3.51. The smallest absolute Gasteiger partial charge is 0.410 e. The van der Waals surface area contributed by atoms with Gasteiger partial charge in [-0.3, -0.25) is 0 Å². The SMILES string of the molecule is CC(C)(C)OC(=O)N1CCCC(NCC2(CO)CCCC2)C1. The summed E-state index contributed by atoms with van der Waals surface area (Å²) in [6.45, 7) is 8.30. The third kappa shape index (κ3) is 4.85. The summed E-state index contributed by atoms with van der Waals surface area (Å²) in [6, 6.07) is 0.310. The Morgan fingerprint density at radius 1 is 1.32 bits per heavy atom. The monoisotopic (exact) mass is 312 g/mol. The van der Waals surface area contributed by atoms with Crippen molar-refractivity contribution in [2.75, 3.05) is 26.2 Å². The first kappa shape index (κ1) is 17.5. The molecule has 1 aliphatic carbocycles. The standard InChI is InChI=1S/C17H32N2O3/c1-16(2,3)22-15(21)19-10-6-7-14(11-19)18-12-17(13-20)8-4-5-9-17/h14,18,20H,4-13H2,1-3H3. The van der Waals surface area contributed by atoms with Crippen molar-refractivity contribution in [3.05, 3.63) is 0 Å². The first-order valence-corrected chi connectivity index (χ1v) is 8.66. The molecule has 0 radical (unpaired) electrons. The second kappa shape index (κ2) is 7.18. The first-order valence-electron chi connectivity index (χ1n) is 8.66. The highest BCUT2D eigenvalue weighted by Gasteiger charge is 2.34. The van der Waals surface area contributed by atoms with Gasteiger partial charge in [0.1, 0.15) is 5.60 Å². The minimum absolute atomic E-state index is 0.0637. The molecule has 0 aromatic carbocycles. The van der Waals surface area contributed by atoms with Crippen LogP contribution in [0.2, 0.25) is 0 Å². The fraction of sp³-hybridized carbons (Fsp3) is 0.941. The number of aliphatic hydroxyl groups is 1. The second-order valence-corrected chi connectivity index (χ2v) is 8.01. The van der Waals surface area contributed by atoms with Gasteiger partial charge in [-0.25, -0.2) is 4.79 Å². The molecule has 2 aliphatic rings. The van der Waals surface area contributed by atoms with Crippen LogP contribution in [-0.4, -0.2) is 54.0 Å². The molecule has 1 amide bonds. The van der Waals surface area contributed by atoms with Gasteiger partial charge in [0.2, 0.25) is 0 Å². The molecule has 22 heavy (non-hydrogen) atoms. The van der Waals surface area contributed by atoms with Gasteiger partial charge in [-0.05, 0) is 46.5 Å². The van der Waals surface area contributed by atoms with Crippen molar-refractivity contribution < 1.29 is 14.6 Å². The van der Waals surface area contributed by atoms with Crippen molar-refractivity contribution in [1.82, 2.24) is 10.2 Å². The maximum absolute atomic E-state index is 12.2. The van der Waals surface area contributed by atoms with Gasteiger partial charge in [-0.15, -0.1) is 0 Å². The molecule has 1 saturated carbocycles. The van der Waals surface area contributed by atoms with Crippen LogP contribution in [0.15, 0.2) is 0 Å². The van der Waals surface area contributed by atoms with Crippen molar-refractivity contribution in [2.45, 2.75) is 70.9 Å². The van der Waals surface area contributed by atoms with Crippen LogP contribution < -0.4 is 5.32 Å². The number of nitrogens with one attached hydrogen (secondary N) is 1. The molecular weight excluding hydrogens is 280 g/mol. The van der Waals surface area contributed by atoms with Crippen LogP contribution in [0.1, 0.15) is 59.3 Å². The first-order chi connectivity index (χ1) is 10.3. The number of nitrogens with zero attached hydrogens (tertiary/aromatic N) is 1. The molecule has 5 nitrogen and oxygen atoms in total. The number of carbonyl (C=O) groups excluding carboxylic acids is 1. The van der Waals surface area contributed by atoms with Crippen molar-refractivity contribution in [3.8, 4) is 0 Å². The molecule has 0 aromatic heterocycles. The molecule has 0 aromatic rings. The van der Waals surface area contributed by atoms with Gasteiger partial charge in [0, 0.05) is 37.7 Å². The lowest BCUT2D eigenvalue weighted by atomic mass is 9.86. The summed E-state index contributed by atoms with van der Waals surface area (Å²) in [5.41, 5.74) is -0.379. The molecule has 2 fully saturated rings. The molecule has 128 valence electrons. The molecule has 0 bridgehead atoms. The van der Waals surface area contributed by atoms with E-state index in [9.17, 15) is 9.90 Å². The van der Waals surface area contributed by atoms with Gasteiger partial charge in [0.05, 0.1) is 0 Å². The van der Waals surface area contributed by atoms with E-state index in [0.29, 0.717) is 12.6 Å². The van der Waals surface area contributed by atoms with E-state index >= 15 is 0 Å². The molecule has 5 heteroatoms. The number of hydrogen-bond donors (Lipinski definition) is 2. The molecule has 2 N–H and O–H groups in total. The van der Waals surface area contributed by atoms with Crippen molar-refractivity contribution in [1.29, 1.82) is 0 Å². The zero-order valence-corrected chi connectivity index (χ0v) is 14.4. The summed E-state index contributed by atoms with van der Waals surface area (Å²) in [5, 5.41) is 13.3. The fourth-order valence-corrected chi connectivity index (χ4v) is 3.51. The van der Waals surface area contributed by atoms with Crippen LogP contribution in [0.4, 0.5) is 4.79 Å². The minimum Gasteiger partial charge on any atom is -0.444 e. The number of amides is 1. The normalized spacial score (nSPS) is 25.3. The molecule has 1 heterocycles. The number of likely N-dealkylation sites (tertiary alicyclic amines) is 1. The van der Waals surface area contributed by atoms with E-state index in [1.165, 1.54) is 12.8 Å². The summed E-state index contributed by atoms with van der Waals surface area (Å²) >= 11 is 0. The summed E-state index contributed by atoms with van der Waals surface area (Å²) in [5.74, 6) is 0. The van der Waals surface area contributed by atoms with Crippen molar-refractivity contribution in [2.24, 2.45) is 5.41 Å². The third-order valence-corrected chi connectivity index (χ3v) is 4.84. The van der Waals surface area contributed by atoms with Gasteiger partial charge >= 0.3 is 6.09 Å². The highest BCUT2D eigenvalue weighted by molar-refractivity contribution is 5.68. The third-order valence-electron chi connectivity index (χ3n) is 4.84. The number of hydrogen-bond acceptors (Lipinski definition) is 4. The quantitative estimate of drug-likeness (QED) is 0.837. The van der Waals surface area contributed by atoms with E-state index in [1.54, 1.807) is 0 Å². The topological polar surface area (TPSA) is 61.8 Å². The average molecular weight is 312 g/mol. The zero-order chi connectivity index (χ0) is 16.2. The van der Waals surface area contributed by atoms with Crippen LogP contribution in [0, 0.1) is 5.41 Å². The molecule has 1 aliphatic heterocycles. The number of carbonyl (C=O) groups is 1. The van der Waals surface area contributed by atoms with Crippen LogP contribution in [0.25, 0.3) is 0 Å². The average Bonchev–Trinajstić information content (AvgIpc) is 2.93. The summed E-state index contributed by atoms with van der Waals surface area (Å²) in [7, 11) is 0. The van der Waals surface area contributed by atoms with Crippen LogP contribution >= 0.6 is 0 Å². The number of ether oxygens (including phenoxy) is 1. The Labute approximate surface area is 134 Å². The molecule has 0 spiro atoms. The zero-order valence-electron chi connectivity index (χ0n) is 14.4. The van der Waals surface area contributed by atoms with E-state index < -0.39 is 5.60 Å². The lowest BCUT2D eigenvalue weighted by molar-refractivity contribution is 0.0179. The Balaban J connectivity index is 1.81.